The van der Waals surface area contributed by atoms with Gasteiger partial charge in [-0.25, -0.2) is 0 Å². The molecular weight excluding hydrogens is 577 g/mol. The zero-order valence-corrected chi connectivity index (χ0v) is 25.6. The Bertz CT molecular complexity index is 2600. The molecule has 0 atom stereocenters. The number of thiophene rings is 1. The third-order valence-corrected chi connectivity index (χ3v) is 10.2. The average Bonchev–Trinajstić information content (AvgIpc) is 3.67. The van der Waals surface area contributed by atoms with Gasteiger partial charge in [-0.15, -0.1) is 11.3 Å². The minimum Gasteiger partial charge on any atom is -0.309 e. The molecule has 9 rings (SSSR count). The summed E-state index contributed by atoms with van der Waals surface area (Å²) in [5, 5.41) is 15.1. The van der Waals surface area contributed by atoms with Gasteiger partial charge in [-0.2, -0.15) is 5.26 Å². The molecule has 7 aromatic carbocycles. The molecule has 0 radical (unpaired) electrons. The molecule has 0 unspecified atom stereocenters. The Hall–Kier alpha value is -5.95. The lowest BCUT2D eigenvalue weighted by Crippen LogP contribution is -1.96. The van der Waals surface area contributed by atoms with E-state index >= 15 is 0 Å². The fourth-order valence-corrected chi connectivity index (χ4v) is 8.10. The van der Waals surface area contributed by atoms with Crippen LogP contribution < -0.4 is 0 Å². The highest BCUT2D eigenvalue weighted by Crippen LogP contribution is 2.44. The van der Waals surface area contributed by atoms with Crippen molar-refractivity contribution in [1.29, 1.82) is 5.26 Å². The summed E-state index contributed by atoms with van der Waals surface area (Å²) in [5.74, 6) is 0. The Morgan fingerprint density at radius 1 is 0.457 bits per heavy atom. The Morgan fingerprint density at radius 2 is 1.09 bits per heavy atom. The molecule has 3 heteroatoms. The standard InChI is InChI=1S/C43H26N2S/c44-27-28-21-32(24-34(22-28)45-40-18-7-4-15-35(40)36-16-5-8-19-41(36)45)33-25-38(43-39(26-33)37-17-6-9-20-42(37)46-43)31-14-10-13-30(23-31)29-11-2-1-3-12-29/h1-26H. The van der Waals surface area contributed by atoms with Crippen LogP contribution in [0, 0.1) is 11.3 Å². The van der Waals surface area contributed by atoms with Gasteiger partial charge in [0.05, 0.1) is 22.7 Å². The first-order valence-corrected chi connectivity index (χ1v) is 16.2. The fourth-order valence-electron chi connectivity index (χ4n) is 6.88. The molecule has 2 nitrogen and oxygen atoms in total. The summed E-state index contributed by atoms with van der Waals surface area (Å²) in [6.45, 7) is 0. The first kappa shape index (κ1) is 26.5. The number of rotatable bonds is 4. The number of hydrogen-bond donors (Lipinski definition) is 0. The molecule has 0 bridgehead atoms. The smallest absolute Gasteiger partial charge is 0.0992 e. The summed E-state index contributed by atoms with van der Waals surface area (Å²) in [6.07, 6.45) is 0. The zero-order chi connectivity index (χ0) is 30.6. The zero-order valence-electron chi connectivity index (χ0n) is 24.8. The van der Waals surface area contributed by atoms with E-state index in [1.165, 1.54) is 53.2 Å². The van der Waals surface area contributed by atoms with Crippen LogP contribution in [0.2, 0.25) is 0 Å². The molecule has 214 valence electrons. The van der Waals surface area contributed by atoms with Crippen LogP contribution in [0.25, 0.3) is 81.0 Å². The first-order chi connectivity index (χ1) is 22.7. The van der Waals surface area contributed by atoms with Crippen molar-refractivity contribution in [3.8, 4) is 45.1 Å². The van der Waals surface area contributed by atoms with E-state index in [2.05, 4.69) is 156 Å². The highest BCUT2D eigenvalue weighted by molar-refractivity contribution is 7.26. The van der Waals surface area contributed by atoms with Crippen LogP contribution in [-0.2, 0) is 0 Å². The normalized spacial score (nSPS) is 11.5. The largest absolute Gasteiger partial charge is 0.309 e. The van der Waals surface area contributed by atoms with E-state index in [1.54, 1.807) is 0 Å². The van der Waals surface area contributed by atoms with E-state index in [1.807, 2.05) is 23.5 Å². The fraction of sp³-hybridized carbons (Fsp3) is 0. The van der Waals surface area contributed by atoms with Gasteiger partial charge in [0.25, 0.3) is 0 Å². The van der Waals surface area contributed by atoms with Crippen LogP contribution in [0.5, 0.6) is 0 Å². The van der Waals surface area contributed by atoms with Crippen molar-refractivity contribution >= 4 is 53.3 Å². The summed E-state index contributed by atoms with van der Waals surface area (Å²) >= 11 is 1.84. The van der Waals surface area contributed by atoms with Gasteiger partial charge in [-0.1, -0.05) is 103 Å². The molecule has 0 spiro atoms. The van der Waals surface area contributed by atoms with Gasteiger partial charge in [0.2, 0.25) is 0 Å². The lowest BCUT2D eigenvalue weighted by Gasteiger charge is -2.14. The van der Waals surface area contributed by atoms with E-state index in [9.17, 15) is 5.26 Å². The lowest BCUT2D eigenvalue weighted by atomic mass is 9.93. The van der Waals surface area contributed by atoms with Crippen molar-refractivity contribution in [1.82, 2.24) is 4.57 Å². The second kappa shape index (κ2) is 10.6. The van der Waals surface area contributed by atoms with E-state index in [4.69, 9.17) is 0 Å². The number of aromatic nitrogens is 1. The molecule has 0 aliphatic heterocycles. The molecule has 2 aromatic heterocycles. The lowest BCUT2D eigenvalue weighted by molar-refractivity contribution is 1.18. The van der Waals surface area contributed by atoms with E-state index in [0.29, 0.717) is 5.56 Å². The Morgan fingerprint density at radius 3 is 1.85 bits per heavy atom. The van der Waals surface area contributed by atoms with Crippen molar-refractivity contribution in [2.75, 3.05) is 0 Å². The van der Waals surface area contributed by atoms with Gasteiger partial charge in [-0.3, -0.25) is 0 Å². The molecule has 2 heterocycles. The molecule has 0 aliphatic carbocycles. The van der Waals surface area contributed by atoms with Crippen LogP contribution in [0.4, 0.5) is 0 Å². The van der Waals surface area contributed by atoms with Gasteiger partial charge < -0.3 is 4.57 Å². The summed E-state index contributed by atoms with van der Waals surface area (Å²) in [5.41, 5.74) is 10.8. The highest BCUT2D eigenvalue weighted by Gasteiger charge is 2.17. The maximum absolute atomic E-state index is 10.3. The predicted octanol–water partition coefficient (Wildman–Crippen LogP) is 12.0. The number of nitrogens with zero attached hydrogens (tertiary/aromatic N) is 2. The van der Waals surface area contributed by atoms with E-state index in [-0.39, 0.29) is 0 Å². The van der Waals surface area contributed by atoms with Crippen molar-refractivity contribution in [2.24, 2.45) is 0 Å². The van der Waals surface area contributed by atoms with Crippen LogP contribution in [-0.4, -0.2) is 4.57 Å². The molecule has 0 saturated heterocycles. The van der Waals surface area contributed by atoms with E-state index in [0.717, 1.165) is 27.8 Å². The second-order valence-electron chi connectivity index (χ2n) is 11.7. The van der Waals surface area contributed by atoms with Crippen molar-refractivity contribution in [3.63, 3.8) is 0 Å². The number of fused-ring (bicyclic) bond motifs is 6. The van der Waals surface area contributed by atoms with Crippen LogP contribution >= 0.6 is 11.3 Å². The summed E-state index contributed by atoms with van der Waals surface area (Å²) < 4.78 is 4.83. The Kier molecular flexibility index (Phi) is 6.09. The monoisotopic (exact) mass is 602 g/mol. The molecule has 0 fully saturated rings. The van der Waals surface area contributed by atoms with Gasteiger partial charge in [0, 0.05) is 42.2 Å². The molecule has 46 heavy (non-hydrogen) atoms. The third-order valence-electron chi connectivity index (χ3n) is 8.98. The topological polar surface area (TPSA) is 28.7 Å². The molecular formula is C43H26N2S. The molecule has 0 saturated carbocycles. The number of nitriles is 1. The van der Waals surface area contributed by atoms with Gasteiger partial charge in [0.15, 0.2) is 0 Å². The minimum atomic E-state index is 0.636. The van der Waals surface area contributed by atoms with Crippen LogP contribution in [0.15, 0.2) is 158 Å². The van der Waals surface area contributed by atoms with Gasteiger partial charge >= 0.3 is 0 Å². The minimum absolute atomic E-state index is 0.636. The Balaban J connectivity index is 1.31. The highest BCUT2D eigenvalue weighted by atomic mass is 32.1. The predicted molar refractivity (Wildman–Crippen MR) is 195 cm³/mol. The molecule has 0 amide bonds. The van der Waals surface area contributed by atoms with Crippen LogP contribution in [0.1, 0.15) is 5.56 Å². The molecule has 0 aliphatic rings. The average molecular weight is 603 g/mol. The quantitative estimate of drug-likeness (QED) is 0.197. The third kappa shape index (κ3) is 4.24. The molecule has 0 N–H and O–H groups in total. The van der Waals surface area contributed by atoms with Crippen molar-refractivity contribution in [2.45, 2.75) is 0 Å². The summed E-state index contributed by atoms with van der Waals surface area (Å²) in [4.78, 5) is 0. The number of benzene rings is 7. The molecule has 9 aromatic rings. The van der Waals surface area contributed by atoms with Crippen molar-refractivity contribution < 1.29 is 0 Å². The van der Waals surface area contributed by atoms with Crippen molar-refractivity contribution in [3.05, 3.63) is 163 Å². The van der Waals surface area contributed by atoms with Gasteiger partial charge in [0.1, 0.15) is 0 Å². The van der Waals surface area contributed by atoms with Gasteiger partial charge in [-0.05, 0) is 82.4 Å². The Labute approximate surface area is 270 Å². The maximum Gasteiger partial charge on any atom is 0.0992 e. The maximum atomic E-state index is 10.3. The van der Waals surface area contributed by atoms with E-state index < -0.39 is 0 Å². The second-order valence-corrected chi connectivity index (χ2v) is 12.7. The SMILES string of the molecule is N#Cc1cc(-c2cc(-c3cccc(-c4ccccc4)c3)c3sc4ccccc4c3c2)cc(-n2c3ccccc3c3ccccc32)c1. The number of para-hydroxylation sites is 2. The van der Waals surface area contributed by atoms with Crippen LogP contribution in [0.3, 0.4) is 0 Å². The number of hydrogen-bond acceptors (Lipinski definition) is 2. The summed E-state index contributed by atoms with van der Waals surface area (Å²) in [6, 6.07) is 58.4. The summed E-state index contributed by atoms with van der Waals surface area (Å²) in [7, 11) is 0. The first-order valence-electron chi connectivity index (χ1n) is 15.4.